The maximum Gasteiger partial charge on any atom is 0.303 e. The Kier molecular flexibility index (Phi) is 8.57. The van der Waals surface area contributed by atoms with Crippen molar-refractivity contribution in [3.63, 3.8) is 0 Å². The lowest BCUT2D eigenvalue weighted by molar-refractivity contribution is -0.139. The van der Waals surface area contributed by atoms with Gasteiger partial charge in [-0.05, 0) is 26.7 Å². The number of likely N-dealkylation sites (N-methyl/N-ethyl adjacent to an activating group) is 2. The fourth-order valence-electron chi connectivity index (χ4n) is 1.71. The molecule has 6 nitrogen and oxygen atoms in total. The molecule has 0 aliphatic carbocycles. The predicted molar refractivity (Wildman–Crippen MR) is 71.7 cm³/mol. The molecule has 0 aliphatic rings. The van der Waals surface area contributed by atoms with Crippen LogP contribution in [-0.4, -0.2) is 59.4 Å². The van der Waals surface area contributed by atoms with E-state index in [1.54, 1.807) is 11.9 Å². The fourth-order valence-corrected chi connectivity index (χ4v) is 1.71. The van der Waals surface area contributed by atoms with Crippen LogP contribution in [-0.2, 0) is 14.4 Å². The summed E-state index contributed by atoms with van der Waals surface area (Å²) >= 11 is 0. The van der Waals surface area contributed by atoms with Gasteiger partial charge in [-0.1, -0.05) is 0 Å². The van der Waals surface area contributed by atoms with Gasteiger partial charge in [-0.3, -0.25) is 14.4 Å². The molecular weight excluding hydrogens is 248 g/mol. The van der Waals surface area contributed by atoms with Crippen molar-refractivity contribution in [1.29, 1.82) is 0 Å². The van der Waals surface area contributed by atoms with Gasteiger partial charge in [-0.15, -0.1) is 0 Å². The Balaban J connectivity index is 3.99. The summed E-state index contributed by atoms with van der Waals surface area (Å²) in [5.41, 5.74) is 0. The summed E-state index contributed by atoms with van der Waals surface area (Å²) < 4.78 is 0. The summed E-state index contributed by atoms with van der Waals surface area (Å²) in [7, 11) is 1.60. The molecule has 19 heavy (non-hydrogen) atoms. The van der Waals surface area contributed by atoms with Crippen molar-refractivity contribution in [2.45, 2.75) is 39.5 Å². The minimum Gasteiger partial charge on any atom is -0.481 e. The first-order valence-corrected chi connectivity index (χ1v) is 6.65. The first-order valence-electron chi connectivity index (χ1n) is 6.65. The number of carbonyl (C=O) groups excluding carboxylic acids is 2. The molecule has 0 saturated carbocycles. The van der Waals surface area contributed by atoms with Gasteiger partial charge in [0.25, 0.3) is 0 Å². The normalized spacial score (nSPS) is 10.1. The van der Waals surface area contributed by atoms with Gasteiger partial charge in [0.15, 0.2) is 0 Å². The van der Waals surface area contributed by atoms with Gasteiger partial charge in [0.05, 0.1) is 6.54 Å². The molecule has 0 aliphatic heterocycles. The number of rotatable bonds is 9. The highest BCUT2D eigenvalue weighted by Crippen LogP contribution is 2.03. The maximum atomic E-state index is 11.8. The van der Waals surface area contributed by atoms with Gasteiger partial charge < -0.3 is 14.9 Å². The zero-order chi connectivity index (χ0) is 14.8. The van der Waals surface area contributed by atoms with E-state index in [0.717, 1.165) is 0 Å². The molecule has 0 saturated heterocycles. The van der Waals surface area contributed by atoms with Crippen LogP contribution in [0.5, 0.6) is 0 Å². The molecule has 1 N–H and O–H groups in total. The van der Waals surface area contributed by atoms with E-state index in [1.165, 1.54) is 4.90 Å². The largest absolute Gasteiger partial charge is 0.481 e. The molecule has 0 radical (unpaired) electrons. The number of carboxylic acid groups (broad SMARTS) is 1. The first kappa shape index (κ1) is 17.4. The average Bonchev–Trinajstić information content (AvgIpc) is 2.35. The molecule has 110 valence electrons. The second kappa shape index (κ2) is 9.35. The Hall–Kier alpha value is -1.59. The van der Waals surface area contributed by atoms with E-state index in [-0.39, 0.29) is 31.2 Å². The SMILES string of the molecule is CCN(CC)C(=O)CN(C)C(=O)CCCCC(=O)O. The third kappa shape index (κ3) is 7.43. The van der Waals surface area contributed by atoms with E-state index >= 15 is 0 Å². The summed E-state index contributed by atoms with van der Waals surface area (Å²) in [6.07, 6.45) is 1.39. The minimum absolute atomic E-state index is 0.0635. The molecule has 0 aromatic carbocycles. The predicted octanol–water partition coefficient (Wildman–Crippen LogP) is 0.958. The van der Waals surface area contributed by atoms with Gasteiger partial charge in [0.1, 0.15) is 0 Å². The Morgan fingerprint density at radius 3 is 1.95 bits per heavy atom. The standard InChI is InChI=1S/C13H24N2O4/c1-4-15(5-2)12(17)10-14(3)11(16)8-6-7-9-13(18)19/h4-10H2,1-3H3,(H,18,19). The summed E-state index contributed by atoms with van der Waals surface area (Å²) in [6, 6.07) is 0. The van der Waals surface area contributed by atoms with Crippen molar-refractivity contribution in [3.8, 4) is 0 Å². The monoisotopic (exact) mass is 272 g/mol. The van der Waals surface area contributed by atoms with Crippen molar-refractivity contribution >= 4 is 17.8 Å². The topological polar surface area (TPSA) is 77.9 Å². The van der Waals surface area contributed by atoms with Crippen molar-refractivity contribution in [1.82, 2.24) is 9.80 Å². The van der Waals surface area contributed by atoms with Gasteiger partial charge in [0.2, 0.25) is 11.8 Å². The second-order valence-corrected chi connectivity index (χ2v) is 4.42. The molecule has 0 heterocycles. The fraction of sp³-hybridized carbons (Fsp3) is 0.769. The highest BCUT2D eigenvalue weighted by atomic mass is 16.4. The lowest BCUT2D eigenvalue weighted by Gasteiger charge is -2.23. The highest BCUT2D eigenvalue weighted by Gasteiger charge is 2.16. The Morgan fingerprint density at radius 2 is 1.47 bits per heavy atom. The number of aliphatic carboxylic acids is 1. The Labute approximate surface area is 114 Å². The Morgan fingerprint density at radius 1 is 0.947 bits per heavy atom. The molecule has 0 aromatic heterocycles. The molecule has 0 atom stereocenters. The lowest BCUT2D eigenvalue weighted by Crippen LogP contribution is -2.40. The van der Waals surface area contributed by atoms with Gasteiger partial charge >= 0.3 is 5.97 Å². The summed E-state index contributed by atoms with van der Waals surface area (Å²) in [6.45, 7) is 5.15. The van der Waals surface area contributed by atoms with Crippen LogP contribution in [0.4, 0.5) is 0 Å². The number of nitrogens with zero attached hydrogens (tertiary/aromatic N) is 2. The van der Waals surface area contributed by atoms with E-state index in [1.807, 2.05) is 13.8 Å². The molecular formula is C13H24N2O4. The number of hydrogen-bond donors (Lipinski definition) is 1. The first-order chi connectivity index (χ1) is 8.92. The highest BCUT2D eigenvalue weighted by molar-refractivity contribution is 5.84. The van der Waals surface area contributed by atoms with E-state index in [9.17, 15) is 14.4 Å². The third-order valence-electron chi connectivity index (χ3n) is 2.95. The molecule has 0 spiro atoms. The van der Waals surface area contributed by atoms with E-state index in [0.29, 0.717) is 25.9 Å². The van der Waals surface area contributed by atoms with Crippen molar-refractivity contribution < 1.29 is 19.5 Å². The zero-order valence-corrected chi connectivity index (χ0v) is 12.0. The van der Waals surface area contributed by atoms with Crippen LogP contribution in [0.25, 0.3) is 0 Å². The number of carboxylic acids is 1. The van der Waals surface area contributed by atoms with Crippen LogP contribution in [0.15, 0.2) is 0 Å². The quantitative estimate of drug-likeness (QED) is 0.634. The maximum absolute atomic E-state index is 11.8. The van der Waals surface area contributed by atoms with Crippen LogP contribution in [0.1, 0.15) is 39.5 Å². The molecule has 0 rings (SSSR count). The van der Waals surface area contributed by atoms with Crippen LogP contribution in [0, 0.1) is 0 Å². The van der Waals surface area contributed by atoms with Gasteiger partial charge in [0, 0.05) is 33.0 Å². The lowest BCUT2D eigenvalue weighted by atomic mass is 10.2. The minimum atomic E-state index is -0.850. The number of hydrogen-bond acceptors (Lipinski definition) is 3. The summed E-state index contributed by atoms with van der Waals surface area (Å²) in [5.74, 6) is -1.03. The number of amides is 2. The smallest absolute Gasteiger partial charge is 0.303 e. The van der Waals surface area contributed by atoms with Crippen molar-refractivity contribution in [2.75, 3.05) is 26.7 Å². The molecule has 0 bridgehead atoms. The van der Waals surface area contributed by atoms with Gasteiger partial charge in [-0.25, -0.2) is 0 Å². The zero-order valence-electron chi connectivity index (χ0n) is 12.0. The van der Waals surface area contributed by atoms with E-state index in [2.05, 4.69) is 0 Å². The van der Waals surface area contributed by atoms with E-state index < -0.39 is 5.97 Å². The molecule has 0 aromatic rings. The Bertz CT molecular complexity index is 314. The molecule has 0 fully saturated rings. The van der Waals surface area contributed by atoms with Crippen LogP contribution >= 0.6 is 0 Å². The molecule has 6 heteroatoms. The number of carbonyl (C=O) groups is 3. The second-order valence-electron chi connectivity index (χ2n) is 4.42. The van der Waals surface area contributed by atoms with Crippen LogP contribution in [0.3, 0.4) is 0 Å². The summed E-state index contributed by atoms with van der Waals surface area (Å²) in [4.78, 5) is 36.9. The molecule has 2 amide bonds. The third-order valence-corrected chi connectivity index (χ3v) is 2.95. The number of unbranched alkanes of at least 4 members (excludes halogenated alkanes) is 1. The van der Waals surface area contributed by atoms with Crippen LogP contribution in [0.2, 0.25) is 0 Å². The average molecular weight is 272 g/mol. The summed E-state index contributed by atoms with van der Waals surface area (Å²) in [5, 5.41) is 8.48. The van der Waals surface area contributed by atoms with Gasteiger partial charge in [-0.2, -0.15) is 0 Å². The van der Waals surface area contributed by atoms with Crippen molar-refractivity contribution in [2.24, 2.45) is 0 Å². The van der Waals surface area contributed by atoms with Crippen LogP contribution < -0.4 is 0 Å². The molecule has 0 unspecified atom stereocenters. The van der Waals surface area contributed by atoms with E-state index in [4.69, 9.17) is 5.11 Å². The van der Waals surface area contributed by atoms with Crippen molar-refractivity contribution in [3.05, 3.63) is 0 Å².